The van der Waals surface area contributed by atoms with Crippen molar-refractivity contribution in [2.45, 2.75) is 32.7 Å². The number of amides is 1. The summed E-state index contributed by atoms with van der Waals surface area (Å²) in [5, 5.41) is 2.92. The fourth-order valence-electron chi connectivity index (χ4n) is 2.67. The van der Waals surface area contributed by atoms with Crippen LogP contribution in [0.25, 0.3) is 0 Å². The first kappa shape index (κ1) is 14.9. The van der Waals surface area contributed by atoms with E-state index in [-0.39, 0.29) is 11.9 Å². The summed E-state index contributed by atoms with van der Waals surface area (Å²) in [6, 6.07) is 8.64. The lowest BCUT2D eigenvalue weighted by Crippen LogP contribution is -2.38. The van der Waals surface area contributed by atoms with Gasteiger partial charge in [-0.2, -0.15) is 0 Å². The highest BCUT2D eigenvalue weighted by Gasteiger charge is 2.19. The molecule has 1 aliphatic heterocycles. The molecule has 1 aromatic carbocycles. The van der Waals surface area contributed by atoms with Crippen LogP contribution in [0, 0.1) is 5.92 Å². The molecule has 110 valence electrons. The van der Waals surface area contributed by atoms with Crippen molar-refractivity contribution in [2.75, 3.05) is 24.5 Å². The maximum atomic E-state index is 10.9. The fourth-order valence-corrected chi connectivity index (χ4v) is 2.67. The van der Waals surface area contributed by atoms with Gasteiger partial charge in [-0.15, -0.1) is 0 Å². The molecule has 4 heteroatoms. The molecule has 0 radical (unpaired) electrons. The van der Waals surface area contributed by atoms with Crippen LogP contribution in [0.15, 0.2) is 24.3 Å². The predicted octanol–water partition coefficient (Wildman–Crippen LogP) is 2.06. The Balaban J connectivity index is 1.85. The molecular weight excluding hydrogens is 250 g/mol. The van der Waals surface area contributed by atoms with E-state index in [4.69, 9.17) is 5.73 Å². The van der Waals surface area contributed by atoms with Crippen molar-refractivity contribution in [3.8, 4) is 0 Å². The van der Waals surface area contributed by atoms with E-state index in [1.807, 2.05) is 6.92 Å². The third kappa shape index (κ3) is 3.97. The van der Waals surface area contributed by atoms with E-state index in [9.17, 15) is 4.79 Å². The first-order valence-corrected chi connectivity index (χ1v) is 7.41. The van der Waals surface area contributed by atoms with Gasteiger partial charge in [0.15, 0.2) is 0 Å². The number of nitrogens with one attached hydrogen (secondary N) is 1. The lowest BCUT2D eigenvalue weighted by molar-refractivity contribution is -0.119. The van der Waals surface area contributed by atoms with Crippen LogP contribution < -0.4 is 16.0 Å². The normalized spacial score (nSPS) is 17.9. The minimum atomic E-state index is 0.0684. The molecule has 0 spiro atoms. The predicted molar refractivity (Wildman–Crippen MR) is 82.7 cm³/mol. The molecule has 0 bridgehead atoms. The molecule has 20 heavy (non-hydrogen) atoms. The van der Waals surface area contributed by atoms with E-state index in [2.05, 4.69) is 34.5 Å². The van der Waals surface area contributed by atoms with Crippen molar-refractivity contribution < 1.29 is 4.79 Å². The van der Waals surface area contributed by atoms with Gasteiger partial charge in [0.25, 0.3) is 0 Å². The zero-order valence-corrected chi connectivity index (χ0v) is 12.4. The second kappa shape index (κ2) is 6.75. The van der Waals surface area contributed by atoms with E-state index in [0.717, 1.165) is 32.5 Å². The molecule has 0 saturated carbocycles. The Labute approximate surface area is 121 Å². The second-order valence-electron chi connectivity index (χ2n) is 5.75. The third-order valence-electron chi connectivity index (χ3n) is 4.04. The van der Waals surface area contributed by atoms with Crippen molar-refractivity contribution in [3.05, 3.63) is 29.8 Å². The molecule has 0 unspecified atom stereocenters. The SMILES string of the molecule is CC(=O)NCC1CCN(c2ccc([C@H](C)N)cc2)CC1. The summed E-state index contributed by atoms with van der Waals surface area (Å²) in [6.45, 7) is 6.51. The van der Waals surface area contributed by atoms with Crippen molar-refractivity contribution in [1.29, 1.82) is 0 Å². The zero-order chi connectivity index (χ0) is 14.5. The summed E-state index contributed by atoms with van der Waals surface area (Å²) in [5.74, 6) is 0.678. The van der Waals surface area contributed by atoms with Crippen molar-refractivity contribution in [1.82, 2.24) is 5.32 Å². The summed E-state index contributed by atoms with van der Waals surface area (Å²) in [4.78, 5) is 13.3. The average Bonchev–Trinajstić information content (AvgIpc) is 2.46. The van der Waals surface area contributed by atoms with Crippen LogP contribution in [0.3, 0.4) is 0 Å². The summed E-state index contributed by atoms with van der Waals surface area (Å²) >= 11 is 0. The third-order valence-corrected chi connectivity index (χ3v) is 4.04. The molecule has 1 heterocycles. The van der Waals surface area contributed by atoms with Gasteiger partial charge in [0.05, 0.1) is 0 Å². The van der Waals surface area contributed by atoms with Gasteiger partial charge in [-0.1, -0.05) is 12.1 Å². The quantitative estimate of drug-likeness (QED) is 0.884. The molecule has 0 aromatic heterocycles. The monoisotopic (exact) mass is 275 g/mol. The summed E-state index contributed by atoms with van der Waals surface area (Å²) in [7, 11) is 0. The Morgan fingerprint density at radius 2 is 1.95 bits per heavy atom. The van der Waals surface area contributed by atoms with Crippen LogP contribution >= 0.6 is 0 Å². The lowest BCUT2D eigenvalue weighted by Gasteiger charge is -2.33. The Morgan fingerprint density at radius 3 is 2.45 bits per heavy atom. The van der Waals surface area contributed by atoms with Crippen LogP contribution in [0.5, 0.6) is 0 Å². The molecule has 1 aromatic rings. The highest BCUT2D eigenvalue weighted by molar-refractivity contribution is 5.72. The van der Waals surface area contributed by atoms with E-state index in [1.54, 1.807) is 6.92 Å². The Bertz CT molecular complexity index is 434. The Hall–Kier alpha value is -1.55. The van der Waals surface area contributed by atoms with Gasteiger partial charge in [-0.25, -0.2) is 0 Å². The van der Waals surface area contributed by atoms with Gasteiger partial charge in [0.2, 0.25) is 5.91 Å². The number of anilines is 1. The summed E-state index contributed by atoms with van der Waals surface area (Å²) < 4.78 is 0. The van der Waals surface area contributed by atoms with Gasteiger partial charge in [-0.3, -0.25) is 4.79 Å². The maximum Gasteiger partial charge on any atom is 0.216 e. The maximum absolute atomic E-state index is 10.9. The van der Waals surface area contributed by atoms with E-state index in [0.29, 0.717) is 5.92 Å². The Morgan fingerprint density at radius 1 is 1.35 bits per heavy atom. The molecule has 2 rings (SSSR count). The number of nitrogens with two attached hydrogens (primary N) is 1. The van der Waals surface area contributed by atoms with Crippen LogP contribution in [-0.4, -0.2) is 25.5 Å². The molecule has 0 aliphatic carbocycles. The number of rotatable bonds is 4. The van der Waals surface area contributed by atoms with Crippen molar-refractivity contribution in [2.24, 2.45) is 11.7 Å². The summed E-state index contributed by atoms with van der Waals surface area (Å²) in [5.41, 5.74) is 8.32. The number of benzene rings is 1. The van der Waals surface area contributed by atoms with Crippen LogP contribution in [0.2, 0.25) is 0 Å². The van der Waals surface area contributed by atoms with Crippen LogP contribution in [-0.2, 0) is 4.79 Å². The van der Waals surface area contributed by atoms with E-state index < -0.39 is 0 Å². The number of carbonyl (C=O) groups is 1. The van der Waals surface area contributed by atoms with Gasteiger partial charge in [0, 0.05) is 38.3 Å². The molecule has 1 amide bonds. The standard InChI is InChI=1S/C16H25N3O/c1-12(17)15-3-5-16(6-4-15)19-9-7-14(8-10-19)11-18-13(2)20/h3-6,12,14H,7-11,17H2,1-2H3,(H,18,20)/t12-/m0/s1. The highest BCUT2D eigenvalue weighted by Crippen LogP contribution is 2.24. The average molecular weight is 275 g/mol. The molecule has 1 saturated heterocycles. The van der Waals surface area contributed by atoms with Gasteiger partial charge >= 0.3 is 0 Å². The summed E-state index contributed by atoms with van der Waals surface area (Å²) in [6.07, 6.45) is 2.27. The largest absolute Gasteiger partial charge is 0.372 e. The highest BCUT2D eigenvalue weighted by atomic mass is 16.1. The second-order valence-corrected chi connectivity index (χ2v) is 5.75. The van der Waals surface area contributed by atoms with Crippen molar-refractivity contribution >= 4 is 11.6 Å². The van der Waals surface area contributed by atoms with Gasteiger partial charge in [-0.05, 0) is 43.4 Å². The number of piperidine rings is 1. The molecule has 4 nitrogen and oxygen atoms in total. The van der Waals surface area contributed by atoms with Crippen molar-refractivity contribution in [3.63, 3.8) is 0 Å². The number of hydrogen-bond acceptors (Lipinski definition) is 3. The molecule has 1 aliphatic rings. The minimum absolute atomic E-state index is 0.0684. The smallest absolute Gasteiger partial charge is 0.216 e. The molecule has 1 atom stereocenters. The van der Waals surface area contributed by atoms with Crippen LogP contribution in [0.1, 0.15) is 38.3 Å². The molecular formula is C16H25N3O. The van der Waals surface area contributed by atoms with Crippen LogP contribution in [0.4, 0.5) is 5.69 Å². The fraction of sp³-hybridized carbons (Fsp3) is 0.562. The first-order valence-electron chi connectivity index (χ1n) is 7.41. The number of nitrogens with zero attached hydrogens (tertiary/aromatic N) is 1. The molecule has 3 N–H and O–H groups in total. The number of hydrogen-bond donors (Lipinski definition) is 2. The Kier molecular flexibility index (Phi) is 5.01. The lowest BCUT2D eigenvalue weighted by atomic mass is 9.96. The molecule has 1 fully saturated rings. The van der Waals surface area contributed by atoms with E-state index in [1.165, 1.54) is 11.3 Å². The van der Waals surface area contributed by atoms with Gasteiger partial charge in [0.1, 0.15) is 0 Å². The first-order chi connectivity index (χ1) is 9.56. The number of carbonyl (C=O) groups excluding carboxylic acids is 1. The zero-order valence-electron chi connectivity index (χ0n) is 12.4. The van der Waals surface area contributed by atoms with E-state index >= 15 is 0 Å². The van der Waals surface area contributed by atoms with Gasteiger partial charge < -0.3 is 16.0 Å². The minimum Gasteiger partial charge on any atom is -0.372 e. The topological polar surface area (TPSA) is 58.4 Å².